The molecule has 160 valence electrons. The van der Waals surface area contributed by atoms with Crippen LogP contribution in [0.1, 0.15) is 27.5 Å². The van der Waals surface area contributed by atoms with Crippen molar-refractivity contribution in [3.05, 3.63) is 75.9 Å². The fourth-order valence-corrected chi connectivity index (χ4v) is 3.76. The third kappa shape index (κ3) is 5.38. The van der Waals surface area contributed by atoms with Gasteiger partial charge in [0.15, 0.2) is 0 Å². The highest BCUT2D eigenvalue weighted by Gasteiger charge is 2.23. The number of rotatable bonds is 6. The Kier molecular flexibility index (Phi) is 8.83. The first-order valence-electron chi connectivity index (χ1n) is 9.03. The summed E-state index contributed by atoms with van der Waals surface area (Å²) < 4.78 is 28.3. The molecule has 4 N–H and O–H groups in total. The first-order valence-corrected chi connectivity index (χ1v) is 10.8. The van der Waals surface area contributed by atoms with Crippen molar-refractivity contribution < 1.29 is 13.6 Å². The Morgan fingerprint density at radius 3 is 2.63 bits per heavy atom. The van der Waals surface area contributed by atoms with Crippen molar-refractivity contribution >= 4 is 29.3 Å². The highest BCUT2D eigenvalue weighted by Crippen LogP contribution is 2.30. The predicted molar refractivity (Wildman–Crippen MR) is 119 cm³/mol. The molecule has 1 heterocycles. The van der Waals surface area contributed by atoms with Crippen LogP contribution >= 0.6 is 23.4 Å². The fourth-order valence-electron chi connectivity index (χ4n) is 2.96. The normalized spacial score (nSPS) is 11.4. The molecule has 30 heavy (non-hydrogen) atoms. The van der Waals surface area contributed by atoms with Gasteiger partial charge in [0.05, 0.1) is 23.5 Å². The number of aromatic nitrogens is 2. The van der Waals surface area contributed by atoms with E-state index in [9.17, 15) is 13.6 Å². The number of nitrogens with two attached hydrogens (primary N) is 1. The highest BCUT2D eigenvalue weighted by molar-refractivity contribution is 7.98. The number of H-pyrrole nitrogens is 1. The smallest absolute Gasteiger partial charge is 0.255 e. The van der Waals surface area contributed by atoms with Gasteiger partial charge >= 0.3 is 0 Å². The van der Waals surface area contributed by atoms with Crippen molar-refractivity contribution in [1.82, 2.24) is 15.5 Å². The Bertz CT molecular complexity index is 1010. The molecule has 1 aromatic heterocycles. The number of carbonyl (C=O) groups excluding carboxylic acids is 1. The summed E-state index contributed by atoms with van der Waals surface area (Å²) in [6, 6.07) is 9.01. The number of nitrogens with zero attached hydrogens (tertiary/aromatic N) is 1. The molecule has 5 nitrogen and oxygen atoms in total. The molecule has 0 aliphatic heterocycles. The van der Waals surface area contributed by atoms with Crippen molar-refractivity contribution in [3.63, 3.8) is 0 Å². The van der Waals surface area contributed by atoms with Gasteiger partial charge in [-0.15, -0.1) is 0 Å². The van der Waals surface area contributed by atoms with Gasteiger partial charge < -0.3 is 11.1 Å². The molecular weight excluding hydrogens is 430 g/mol. The molecule has 2 aromatic carbocycles. The van der Waals surface area contributed by atoms with E-state index in [0.29, 0.717) is 10.8 Å². The van der Waals surface area contributed by atoms with E-state index in [4.69, 9.17) is 11.6 Å². The van der Waals surface area contributed by atoms with Crippen LogP contribution in [0.25, 0.3) is 11.3 Å². The summed E-state index contributed by atoms with van der Waals surface area (Å²) in [5.41, 5.74) is 5.73. The Morgan fingerprint density at radius 1 is 1.27 bits per heavy atom. The number of hydrogen-bond donors (Lipinski definition) is 3. The summed E-state index contributed by atoms with van der Waals surface area (Å²) in [4.78, 5) is 12.9. The van der Waals surface area contributed by atoms with Gasteiger partial charge in [-0.3, -0.25) is 9.89 Å². The number of aromatic amines is 1. The molecule has 0 aliphatic rings. The van der Waals surface area contributed by atoms with Gasteiger partial charge in [0.2, 0.25) is 0 Å². The van der Waals surface area contributed by atoms with Crippen LogP contribution in [0, 0.1) is 18.6 Å². The van der Waals surface area contributed by atoms with Crippen molar-refractivity contribution in [2.45, 2.75) is 13.0 Å². The van der Waals surface area contributed by atoms with E-state index in [1.165, 1.54) is 20.2 Å². The standard InChI is InChI=1S/C20H18ClF2N3OS.CH5N/c1-11-15(22)6-7-16(23)18(11)19-14(9-24-26-19)20(27)25-17(10-28-2)12-4-3-5-13(21)8-12;1-2/h3-9,17H,10H2,1-2H3,(H,24,26)(H,25,27);2H2,1H3. The van der Waals surface area contributed by atoms with Crippen LogP contribution in [-0.4, -0.2) is 35.2 Å². The molecular formula is C21H23ClF2N4OS. The van der Waals surface area contributed by atoms with Crippen molar-refractivity contribution in [3.8, 4) is 11.3 Å². The third-order valence-corrected chi connectivity index (χ3v) is 5.27. The molecule has 1 atom stereocenters. The molecule has 0 aliphatic carbocycles. The Balaban J connectivity index is 0.00000155. The molecule has 0 radical (unpaired) electrons. The Hall–Kier alpha value is -2.42. The number of carbonyl (C=O) groups is 1. The van der Waals surface area contributed by atoms with Crippen LogP contribution in [0.4, 0.5) is 8.78 Å². The first-order chi connectivity index (χ1) is 14.4. The van der Waals surface area contributed by atoms with E-state index in [1.807, 2.05) is 18.4 Å². The maximum absolute atomic E-state index is 14.4. The van der Waals surface area contributed by atoms with Crippen LogP contribution in [-0.2, 0) is 0 Å². The number of amides is 1. The Morgan fingerprint density at radius 2 is 1.97 bits per heavy atom. The minimum atomic E-state index is -0.632. The lowest BCUT2D eigenvalue weighted by Crippen LogP contribution is -2.30. The van der Waals surface area contributed by atoms with Crippen molar-refractivity contribution in [2.75, 3.05) is 19.1 Å². The third-order valence-electron chi connectivity index (χ3n) is 4.37. The second-order valence-corrected chi connectivity index (χ2v) is 7.57. The van der Waals surface area contributed by atoms with Crippen LogP contribution < -0.4 is 11.1 Å². The summed E-state index contributed by atoms with van der Waals surface area (Å²) in [6.45, 7) is 1.46. The van der Waals surface area contributed by atoms with Crippen LogP contribution in [0.5, 0.6) is 0 Å². The van der Waals surface area contributed by atoms with E-state index < -0.39 is 17.5 Å². The molecule has 0 spiro atoms. The number of benzene rings is 2. The van der Waals surface area contributed by atoms with Crippen LogP contribution in [0.3, 0.4) is 0 Å². The average molecular weight is 453 g/mol. The van der Waals surface area contributed by atoms with Gasteiger partial charge in [0.25, 0.3) is 5.91 Å². The summed E-state index contributed by atoms with van der Waals surface area (Å²) in [5.74, 6) is -1.01. The van der Waals surface area contributed by atoms with Gasteiger partial charge in [0.1, 0.15) is 11.6 Å². The van der Waals surface area contributed by atoms with Gasteiger partial charge in [-0.2, -0.15) is 16.9 Å². The minimum absolute atomic E-state index is 0.00757. The molecule has 3 rings (SSSR count). The van der Waals surface area contributed by atoms with E-state index in [-0.39, 0.29) is 28.4 Å². The minimum Gasteiger partial charge on any atom is -0.344 e. The van der Waals surface area contributed by atoms with Crippen LogP contribution in [0.2, 0.25) is 5.02 Å². The lowest BCUT2D eigenvalue weighted by Gasteiger charge is -2.19. The summed E-state index contributed by atoms with van der Waals surface area (Å²) in [7, 11) is 1.50. The second kappa shape index (κ2) is 11.1. The largest absolute Gasteiger partial charge is 0.344 e. The van der Waals surface area contributed by atoms with E-state index in [2.05, 4.69) is 21.2 Å². The highest BCUT2D eigenvalue weighted by atomic mass is 35.5. The number of hydrogen-bond acceptors (Lipinski definition) is 4. The molecule has 0 saturated carbocycles. The SMILES string of the molecule is CN.CSCC(NC(=O)c1cn[nH]c1-c1c(F)ccc(F)c1C)c1cccc(Cl)c1. The maximum atomic E-state index is 14.4. The zero-order chi connectivity index (χ0) is 22.3. The number of nitrogens with one attached hydrogen (secondary N) is 2. The molecule has 0 fully saturated rings. The van der Waals surface area contributed by atoms with Gasteiger partial charge in [-0.25, -0.2) is 8.78 Å². The zero-order valence-corrected chi connectivity index (χ0v) is 18.4. The number of halogens is 3. The maximum Gasteiger partial charge on any atom is 0.255 e. The first kappa shape index (κ1) is 23.9. The summed E-state index contributed by atoms with van der Waals surface area (Å²) >= 11 is 7.63. The molecule has 0 saturated heterocycles. The van der Waals surface area contributed by atoms with Crippen molar-refractivity contribution in [1.29, 1.82) is 0 Å². The molecule has 9 heteroatoms. The molecule has 1 amide bonds. The van der Waals surface area contributed by atoms with E-state index >= 15 is 0 Å². The average Bonchev–Trinajstić information content (AvgIpc) is 3.22. The fraction of sp³-hybridized carbons (Fsp3) is 0.238. The molecule has 0 bridgehead atoms. The van der Waals surface area contributed by atoms with Gasteiger partial charge in [0, 0.05) is 16.3 Å². The summed E-state index contributed by atoms with van der Waals surface area (Å²) in [5, 5.41) is 9.99. The molecule has 3 aromatic rings. The van der Waals surface area contributed by atoms with Crippen LogP contribution in [0.15, 0.2) is 42.6 Å². The zero-order valence-electron chi connectivity index (χ0n) is 16.8. The quantitative estimate of drug-likeness (QED) is 0.505. The van der Waals surface area contributed by atoms with Gasteiger partial charge in [-0.1, -0.05) is 23.7 Å². The summed E-state index contributed by atoms with van der Waals surface area (Å²) in [6.07, 6.45) is 3.24. The second-order valence-electron chi connectivity index (χ2n) is 6.22. The van der Waals surface area contributed by atoms with Crippen molar-refractivity contribution in [2.24, 2.45) is 5.73 Å². The monoisotopic (exact) mass is 452 g/mol. The lowest BCUT2D eigenvalue weighted by atomic mass is 10.0. The Labute approximate surface area is 183 Å². The van der Waals surface area contributed by atoms with Gasteiger partial charge in [-0.05, 0) is 55.6 Å². The number of thioether (sulfide) groups is 1. The van der Waals surface area contributed by atoms with E-state index in [0.717, 1.165) is 17.7 Å². The molecule has 1 unspecified atom stereocenters. The van der Waals surface area contributed by atoms with E-state index in [1.54, 1.807) is 23.9 Å². The lowest BCUT2D eigenvalue weighted by molar-refractivity contribution is 0.0941. The topological polar surface area (TPSA) is 83.8 Å². The predicted octanol–water partition coefficient (Wildman–Crippen LogP) is 4.73.